The van der Waals surface area contributed by atoms with Crippen LogP contribution in [0.2, 0.25) is 0 Å². The van der Waals surface area contributed by atoms with E-state index in [1.54, 1.807) is 0 Å². The van der Waals surface area contributed by atoms with E-state index >= 15 is 0 Å². The third-order valence-corrected chi connectivity index (χ3v) is 2.69. The van der Waals surface area contributed by atoms with Crippen molar-refractivity contribution in [1.82, 2.24) is 10.2 Å². The molecule has 13 heavy (non-hydrogen) atoms. The third-order valence-electron chi connectivity index (χ3n) is 2.69. The number of rotatable bonds is 4. The lowest BCUT2D eigenvalue weighted by Gasteiger charge is -2.20. The summed E-state index contributed by atoms with van der Waals surface area (Å²) in [6, 6.07) is 0.675. The molecule has 3 nitrogen and oxygen atoms in total. The summed E-state index contributed by atoms with van der Waals surface area (Å²) in [5, 5.41) is 2.82. The van der Waals surface area contributed by atoms with E-state index in [9.17, 15) is 4.79 Å². The van der Waals surface area contributed by atoms with Gasteiger partial charge >= 0.3 is 0 Å². The summed E-state index contributed by atoms with van der Waals surface area (Å²) in [4.78, 5) is 13.6. The fraction of sp³-hybridized carbons (Fsp3) is 0.900. The zero-order valence-electron chi connectivity index (χ0n) is 8.68. The summed E-state index contributed by atoms with van der Waals surface area (Å²) in [7, 11) is 0. The number of amides is 1. The second-order valence-corrected chi connectivity index (χ2v) is 3.73. The molecule has 1 rings (SSSR count). The Kier molecular flexibility index (Phi) is 4.22. The Morgan fingerprint density at radius 1 is 1.62 bits per heavy atom. The maximum absolute atomic E-state index is 11.2. The van der Waals surface area contributed by atoms with E-state index in [4.69, 9.17) is 0 Å². The smallest absolute Gasteiger partial charge is 0.221 e. The number of nitrogens with zero attached hydrogens (tertiary/aromatic N) is 1. The highest BCUT2D eigenvalue weighted by atomic mass is 16.1. The van der Waals surface area contributed by atoms with Crippen molar-refractivity contribution in [2.45, 2.75) is 39.2 Å². The van der Waals surface area contributed by atoms with Gasteiger partial charge in [-0.15, -0.1) is 0 Å². The van der Waals surface area contributed by atoms with E-state index in [0.717, 1.165) is 13.1 Å². The lowest BCUT2D eigenvalue weighted by molar-refractivity contribution is -0.121. The fourth-order valence-electron chi connectivity index (χ4n) is 1.86. The molecule has 1 saturated heterocycles. The molecule has 3 heteroatoms. The molecule has 76 valence electrons. The maximum Gasteiger partial charge on any atom is 0.221 e. The fourth-order valence-corrected chi connectivity index (χ4v) is 1.86. The minimum absolute atomic E-state index is 0.182. The van der Waals surface area contributed by atoms with E-state index in [1.165, 1.54) is 19.4 Å². The van der Waals surface area contributed by atoms with Crippen molar-refractivity contribution in [2.24, 2.45) is 0 Å². The summed E-state index contributed by atoms with van der Waals surface area (Å²) in [5.74, 6) is 0.182. The molecule has 0 aromatic carbocycles. The number of likely N-dealkylation sites (tertiary alicyclic amines) is 1. The second-order valence-electron chi connectivity index (χ2n) is 3.73. The van der Waals surface area contributed by atoms with Gasteiger partial charge < -0.3 is 10.2 Å². The predicted molar refractivity (Wildman–Crippen MR) is 53.6 cm³/mol. The van der Waals surface area contributed by atoms with Gasteiger partial charge in [-0.05, 0) is 33.2 Å². The maximum atomic E-state index is 11.2. The van der Waals surface area contributed by atoms with Gasteiger partial charge in [0.05, 0.1) is 0 Å². The average molecular weight is 184 g/mol. The molecule has 1 atom stereocenters. The van der Waals surface area contributed by atoms with Crippen LogP contribution in [0, 0.1) is 0 Å². The van der Waals surface area contributed by atoms with Crippen LogP contribution < -0.4 is 5.32 Å². The summed E-state index contributed by atoms with van der Waals surface area (Å²) >= 11 is 0. The summed E-state index contributed by atoms with van der Waals surface area (Å²) in [6.45, 7) is 7.03. The zero-order chi connectivity index (χ0) is 9.68. The van der Waals surface area contributed by atoms with Crippen LogP contribution in [-0.4, -0.2) is 36.5 Å². The van der Waals surface area contributed by atoms with Gasteiger partial charge in [-0.1, -0.05) is 0 Å². The topological polar surface area (TPSA) is 32.3 Å². The normalized spacial score (nSPS) is 23.4. The highest BCUT2D eigenvalue weighted by Crippen LogP contribution is 2.15. The number of hydrogen-bond donors (Lipinski definition) is 1. The quantitative estimate of drug-likeness (QED) is 0.707. The van der Waals surface area contributed by atoms with Gasteiger partial charge in [0.15, 0.2) is 0 Å². The largest absolute Gasteiger partial charge is 0.356 e. The zero-order valence-corrected chi connectivity index (χ0v) is 8.68. The highest BCUT2D eigenvalue weighted by Gasteiger charge is 2.19. The highest BCUT2D eigenvalue weighted by molar-refractivity contribution is 5.75. The standard InChI is InChI=1S/C10H20N2O/c1-3-11-10(13)6-8-12-7-4-5-9(12)2/h9H,3-8H2,1-2H3,(H,11,13)/t9-/m1/s1. The van der Waals surface area contributed by atoms with Gasteiger partial charge in [0, 0.05) is 25.6 Å². The van der Waals surface area contributed by atoms with Crippen molar-refractivity contribution in [3.8, 4) is 0 Å². The molecule has 0 unspecified atom stereocenters. The monoisotopic (exact) mass is 184 g/mol. The van der Waals surface area contributed by atoms with Gasteiger partial charge in [-0.3, -0.25) is 4.79 Å². The molecular weight excluding hydrogens is 164 g/mol. The van der Waals surface area contributed by atoms with E-state index < -0.39 is 0 Å². The molecule has 1 heterocycles. The van der Waals surface area contributed by atoms with E-state index in [2.05, 4.69) is 17.1 Å². The summed E-state index contributed by atoms with van der Waals surface area (Å²) in [6.07, 6.45) is 3.23. The number of nitrogens with one attached hydrogen (secondary N) is 1. The molecule has 1 aliphatic rings. The van der Waals surface area contributed by atoms with Crippen molar-refractivity contribution in [3.05, 3.63) is 0 Å². The first kappa shape index (κ1) is 10.5. The Balaban J connectivity index is 2.14. The van der Waals surface area contributed by atoms with Crippen molar-refractivity contribution in [1.29, 1.82) is 0 Å². The predicted octanol–water partition coefficient (Wildman–Crippen LogP) is 0.997. The summed E-state index contributed by atoms with van der Waals surface area (Å²) < 4.78 is 0. The molecule has 1 fully saturated rings. The van der Waals surface area contributed by atoms with Crippen LogP contribution in [0.5, 0.6) is 0 Å². The van der Waals surface area contributed by atoms with Crippen LogP contribution in [-0.2, 0) is 4.79 Å². The van der Waals surface area contributed by atoms with Gasteiger partial charge in [-0.25, -0.2) is 0 Å². The van der Waals surface area contributed by atoms with Gasteiger partial charge in [-0.2, -0.15) is 0 Å². The molecule has 0 aromatic rings. The van der Waals surface area contributed by atoms with E-state index in [-0.39, 0.29) is 5.91 Å². The van der Waals surface area contributed by atoms with E-state index in [0.29, 0.717) is 12.5 Å². The van der Waals surface area contributed by atoms with Crippen LogP contribution in [0.1, 0.15) is 33.1 Å². The number of hydrogen-bond acceptors (Lipinski definition) is 2. The number of carbonyl (C=O) groups excluding carboxylic acids is 1. The molecule has 1 aliphatic heterocycles. The van der Waals surface area contributed by atoms with Crippen LogP contribution in [0.3, 0.4) is 0 Å². The minimum Gasteiger partial charge on any atom is -0.356 e. The second kappa shape index (κ2) is 5.22. The lowest BCUT2D eigenvalue weighted by Crippen LogP contribution is -2.32. The van der Waals surface area contributed by atoms with Gasteiger partial charge in [0.2, 0.25) is 5.91 Å². The Labute approximate surface area is 80.5 Å². The van der Waals surface area contributed by atoms with Crippen molar-refractivity contribution < 1.29 is 4.79 Å². The SMILES string of the molecule is CCNC(=O)CCN1CCC[C@H]1C. The van der Waals surface area contributed by atoms with Gasteiger partial charge in [0.1, 0.15) is 0 Å². The molecular formula is C10H20N2O. The Bertz CT molecular complexity index is 170. The lowest BCUT2D eigenvalue weighted by atomic mass is 10.2. The Morgan fingerprint density at radius 2 is 2.38 bits per heavy atom. The molecule has 0 aromatic heterocycles. The van der Waals surface area contributed by atoms with Crippen LogP contribution >= 0.6 is 0 Å². The number of carbonyl (C=O) groups is 1. The molecule has 1 amide bonds. The molecule has 0 radical (unpaired) electrons. The first-order valence-corrected chi connectivity index (χ1v) is 5.24. The average Bonchev–Trinajstić information content (AvgIpc) is 2.48. The van der Waals surface area contributed by atoms with Crippen LogP contribution in [0.4, 0.5) is 0 Å². The van der Waals surface area contributed by atoms with Gasteiger partial charge in [0.25, 0.3) is 0 Å². The van der Waals surface area contributed by atoms with Crippen molar-refractivity contribution in [2.75, 3.05) is 19.6 Å². The Hall–Kier alpha value is -0.570. The minimum atomic E-state index is 0.182. The first-order chi connectivity index (χ1) is 6.24. The third kappa shape index (κ3) is 3.35. The molecule has 0 bridgehead atoms. The van der Waals surface area contributed by atoms with Crippen LogP contribution in [0.25, 0.3) is 0 Å². The van der Waals surface area contributed by atoms with Crippen molar-refractivity contribution >= 4 is 5.91 Å². The summed E-state index contributed by atoms with van der Waals surface area (Å²) in [5.41, 5.74) is 0. The van der Waals surface area contributed by atoms with Crippen molar-refractivity contribution in [3.63, 3.8) is 0 Å². The molecule has 0 aliphatic carbocycles. The molecule has 0 spiro atoms. The van der Waals surface area contributed by atoms with E-state index in [1.807, 2.05) is 6.92 Å². The first-order valence-electron chi connectivity index (χ1n) is 5.24. The Morgan fingerprint density at radius 3 is 2.92 bits per heavy atom. The molecule has 0 saturated carbocycles. The van der Waals surface area contributed by atoms with Crippen LogP contribution in [0.15, 0.2) is 0 Å². The molecule has 1 N–H and O–H groups in total.